The fraction of sp³-hybridized carbons (Fsp3) is 0.412. The number of aryl methyl sites for hydroxylation is 1. The molecule has 1 aliphatic carbocycles. The van der Waals surface area contributed by atoms with Crippen molar-refractivity contribution in [3.8, 4) is 0 Å². The van der Waals surface area contributed by atoms with Crippen LogP contribution < -0.4 is 5.32 Å². The van der Waals surface area contributed by atoms with Gasteiger partial charge >= 0.3 is 5.97 Å². The van der Waals surface area contributed by atoms with Gasteiger partial charge in [0, 0.05) is 6.42 Å². The maximum atomic E-state index is 12.1. The van der Waals surface area contributed by atoms with Gasteiger partial charge in [-0.15, -0.1) is 0 Å². The van der Waals surface area contributed by atoms with Crippen LogP contribution in [0.25, 0.3) is 0 Å². The quantitative estimate of drug-likeness (QED) is 0.680. The molecule has 112 valence electrons. The van der Waals surface area contributed by atoms with Crippen molar-refractivity contribution in [1.82, 2.24) is 0 Å². The van der Waals surface area contributed by atoms with E-state index in [2.05, 4.69) is 11.4 Å². The van der Waals surface area contributed by atoms with E-state index in [0.717, 1.165) is 24.8 Å². The van der Waals surface area contributed by atoms with Gasteiger partial charge in [-0.25, -0.2) is 4.79 Å². The Morgan fingerprint density at radius 3 is 2.76 bits per heavy atom. The maximum absolute atomic E-state index is 12.1. The first-order chi connectivity index (χ1) is 10.1. The van der Waals surface area contributed by atoms with E-state index < -0.39 is 5.97 Å². The Kier molecular flexibility index (Phi) is 5.14. The molecule has 0 heterocycles. The van der Waals surface area contributed by atoms with E-state index in [1.165, 1.54) is 19.1 Å². The van der Waals surface area contributed by atoms with E-state index in [-0.39, 0.29) is 5.91 Å². The molecule has 0 saturated heterocycles. The molecule has 1 aromatic carbocycles. The third kappa shape index (κ3) is 4.18. The van der Waals surface area contributed by atoms with Gasteiger partial charge in [0.25, 0.3) is 0 Å². The summed E-state index contributed by atoms with van der Waals surface area (Å²) in [5, 5.41) is 2.82. The van der Waals surface area contributed by atoms with Crippen molar-refractivity contribution in [2.24, 2.45) is 0 Å². The van der Waals surface area contributed by atoms with Crippen LogP contribution in [-0.4, -0.2) is 19.0 Å². The summed E-state index contributed by atoms with van der Waals surface area (Å²) in [5.41, 5.74) is 3.03. The zero-order valence-corrected chi connectivity index (χ0v) is 12.6. The summed E-state index contributed by atoms with van der Waals surface area (Å²) in [6.45, 7) is 1.89. The molecule has 4 heteroatoms. The number of anilines is 1. The Morgan fingerprint density at radius 2 is 2.10 bits per heavy atom. The lowest BCUT2D eigenvalue weighted by atomic mass is 9.97. The number of benzene rings is 1. The molecule has 1 aromatic rings. The third-order valence-electron chi connectivity index (χ3n) is 3.63. The lowest BCUT2D eigenvalue weighted by Gasteiger charge is -2.14. The number of methoxy groups -OCH3 is 1. The minimum atomic E-state index is -0.439. The fourth-order valence-corrected chi connectivity index (χ4v) is 2.51. The molecule has 0 bridgehead atoms. The van der Waals surface area contributed by atoms with E-state index in [0.29, 0.717) is 17.7 Å². The summed E-state index contributed by atoms with van der Waals surface area (Å²) in [5.74, 6) is -0.525. The van der Waals surface area contributed by atoms with E-state index in [1.54, 1.807) is 12.1 Å². The van der Waals surface area contributed by atoms with Crippen molar-refractivity contribution >= 4 is 17.6 Å². The number of esters is 1. The van der Waals surface area contributed by atoms with Crippen molar-refractivity contribution in [2.75, 3.05) is 12.4 Å². The van der Waals surface area contributed by atoms with Gasteiger partial charge in [-0.1, -0.05) is 23.3 Å². The number of rotatable bonds is 4. The van der Waals surface area contributed by atoms with Crippen LogP contribution in [0.15, 0.2) is 29.8 Å². The topological polar surface area (TPSA) is 55.4 Å². The van der Waals surface area contributed by atoms with Gasteiger partial charge in [-0.3, -0.25) is 4.79 Å². The van der Waals surface area contributed by atoms with Crippen LogP contribution in [0.5, 0.6) is 0 Å². The zero-order chi connectivity index (χ0) is 15.2. The molecule has 0 fully saturated rings. The van der Waals surface area contributed by atoms with Gasteiger partial charge in [-0.05, 0) is 44.7 Å². The van der Waals surface area contributed by atoms with Crippen molar-refractivity contribution < 1.29 is 14.3 Å². The average Bonchev–Trinajstić information content (AvgIpc) is 2.49. The molecule has 21 heavy (non-hydrogen) atoms. The summed E-state index contributed by atoms with van der Waals surface area (Å²) in [4.78, 5) is 23.9. The second-order valence-electron chi connectivity index (χ2n) is 5.37. The molecule has 1 aliphatic rings. The lowest BCUT2D eigenvalue weighted by Crippen LogP contribution is -2.16. The molecule has 0 aliphatic heterocycles. The van der Waals surface area contributed by atoms with Gasteiger partial charge in [0.2, 0.25) is 5.91 Å². The highest BCUT2D eigenvalue weighted by atomic mass is 16.5. The number of nitrogens with one attached hydrogen (secondary N) is 1. The molecule has 2 rings (SSSR count). The molecular weight excluding hydrogens is 266 g/mol. The fourth-order valence-electron chi connectivity index (χ4n) is 2.51. The number of hydrogen-bond acceptors (Lipinski definition) is 3. The second kappa shape index (κ2) is 7.07. The summed E-state index contributed by atoms with van der Waals surface area (Å²) in [6, 6.07) is 5.33. The maximum Gasteiger partial charge on any atom is 0.339 e. The van der Waals surface area contributed by atoms with E-state index in [1.807, 2.05) is 13.0 Å². The molecular formula is C17H21NO3. The number of carbonyl (C=O) groups is 2. The van der Waals surface area contributed by atoms with E-state index >= 15 is 0 Å². The third-order valence-corrected chi connectivity index (χ3v) is 3.63. The minimum Gasteiger partial charge on any atom is -0.465 e. The smallest absolute Gasteiger partial charge is 0.339 e. The number of hydrogen-bond donors (Lipinski definition) is 1. The first kappa shape index (κ1) is 15.3. The van der Waals surface area contributed by atoms with Gasteiger partial charge < -0.3 is 10.1 Å². The summed E-state index contributed by atoms with van der Waals surface area (Å²) in [7, 11) is 1.34. The highest BCUT2D eigenvalue weighted by molar-refractivity contribution is 6.01. The number of ether oxygens (including phenoxy) is 1. The van der Waals surface area contributed by atoms with Crippen LogP contribution in [0.1, 0.15) is 48.0 Å². The zero-order valence-electron chi connectivity index (χ0n) is 12.6. The minimum absolute atomic E-state index is 0.0860. The molecule has 0 unspecified atom stereocenters. The number of allylic oxidation sites excluding steroid dienone is 1. The SMILES string of the molecule is COC(=O)c1cc(C)ccc1NC(=O)CC1=CCCCC1. The predicted molar refractivity (Wildman–Crippen MR) is 82.3 cm³/mol. The summed E-state index contributed by atoms with van der Waals surface area (Å²) in [6.07, 6.45) is 6.95. The first-order valence-electron chi connectivity index (χ1n) is 7.27. The normalized spacial score (nSPS) is 14.3. The van der Waals surface area contributed by atoms with Crippen molar-refractivity contribution in [2.45, 2.75) is 39.0 Å². The Hall–Kier alpha value is -2.10. The first-order valence-corrected chi connectivity index (χ1v) is 7.27. The van der Waals surface area contributed by atoms with Crippen molar-refractivity contribution in [3.63, 3.8) is 0 Å². The van der Waals surface area contributed by atoms with Crippen LogP contribution in [0.2, 0.25) is 0 Å². The monoisotopic (exact) mass is 287 g/mol. The Balaban J connectivity index is 2.09. The standard InChI is InChI=1S/C17H21NO3/c1-12-8-9-15(14(10-12)17(20)21-2)18-16(19)11-13-6-4-3-5-7-13/h6,8-10H,3-5,7,11H2,1-2H3,(H,18,19). The van der Waals surface area contributed by atoms with Crippen molar-refractivity contribution in [3.05, 3.63) is 41.0 Å². The Morgan fingerprint density at radius 1 is 1.29 bits per heavy atom. The largest absolute Gasteiger partial charge is 0.465 e. The molecule has 0 spiro atoms. The number of amides is 1. The van der Waals surface area contributed by atoms with Crippen LogP contribution in [0.4, 0.5) is 5.69 Å². The van der Waals surface area contributed by atoms with Gasteiger partial charge in [0.1, 0.15) is 0 Å². The molecule has 0 radical (unpaired) electrons. The predicted octanol–water partition coefficient (Wildman–Crippen LogP) is 3.61. The Bertz CT molecular complexity index is 575. The molecule has 0 aromatic heterocycles. The molecule has 4 nitrogen and oxygen atoms in total. The molecule has 1 N–H and O–H groups in total. The average molecular weight is 287 g/mol. The highest BCUT2D eigenvalue weighted by Crippen LogP contribution is 2.22. The van der Waals surface area contributed by atoms with Gasteiger partial charge in [-0.2, -0.15) is 0 Å². The van der Waals surface area contributed by atoms with E-state index in [9.17, 15) is 9.59 Å². The summed E-state index contributed by atoms with van der Waals surface area (Å²) < 4.78 is 4.76. The summed E-state index contributed by atoms with van der Waals surface area (Å²) >= 11 is 0. The number of carbonyl (C=O) groups excluding carboxylic acids is 2. The molecule has 1 amide bonds. The van der Waals surface area contributed by atoms with Crippen LogP contribution in [0.3, 0.4) is 0 Å². The van der Waals surface area contributed by atoms with E-state index in [4.69, 9.17) is 4.74 Å². The van der Waals surface area contributed by atoms with Crippen molar-refractivity contribution in [1.29, 1.82) is 0 Å². The second-order valence-corrected chi connectivity index (χ2v) is 5.37. The van der Waals surface area contributed by atoms with Crippen LogP contribution >= 0.6 is 0 Å². The lowest BCUT2D eigenvalue weighted by molar-refractivity contribution is -0.115. The van der Waals surface area contributed by atoms with Crippen LogP contribution in [0, 0.1) is 6.92 Å². The molecule has 0 atom stereocenters. The van der Waals surface area contributed by atoms with Gasteiger partial charge in [0.05, 0.1) is 18.4 Å². The van der Waals surface area contributed by atoms with Crippen LogP contribution in [-0.2, 0) is 9.53 Å². The molecule has 0 saturated carbocycles. The van der Waals surface area contributed by atoms with Gasteiger partial charge in [0.15, 0.2) is 0 Å². The Labute approximate surface area is 125 Å². The highest BCUT2D eigenvalue weighted by Gasteiger charge is 2.15.